The lowest BCUT2D eigenvalue weighted by molar-refractivity contribution is -0.120. The molecule has 1 aromatic rings. The number of carbonyl (C=O) groups is 1. The average Bonchev–Trinajstić information content (AvgIpc) is 3.59. The minimum atomic E-state index is -0.00291. The number of amides is 1. The van der Waals surface area contributed by atoms with Crippen LogP contribution in [-0.4, -0.2) is 67.0 Å². The second-order valence-electron chi connectivity index (χ2n) is 11.8. The Bertz CT molecular complexity index is 1280. The zero-order valence-electron chi connectivity index (χ0n) is 23.5. The number of fused-ring (bicyclic) bond motifs is 1. The Kier molecular flexibility index (Phi) is 8.94. The molecule has 6 heteroatoms. The Balaban J connectivity index is 1.02. The van der Waals surface area contributed by atoms with E-state index in [9.17, 15) is 4.79 Å². The molecule has 0 spiro atoms. The molecule has 0 aromatic heterocycles. The van der Waals surface area contributed by atoms with Crippen LogP contribution in [0.5, 0.6) is 0 Å². The number of allylic oxidation sites excluding steroid dienone is 7. The van der Waals surface area contributed by atoms with Gasteiger partial charge in [-0.2, -0.15) is 0 Å². The number of piperidine rings is 2. The first-order valence-electron chi connectivity index (χ1n) is 15.2. The predicted molar refractivity (Wildman–Crippen MR) is 167 cm³/mol. The predicted octanol–water partition coefficient (Wildman–Crippen LogP) is 5.57. The van der Waals surface area contributed by atoms with E-state index in [1.54, 1.807) is 0 Å². The molecule has 2 atom stereocenters. The number of nitrogens with zero attached hydrogens (tertiary/aromatic N) is 3. The Morgan fingerprint density at radius 1 is 1.02 bits per heavy atom. The van der Waals surface area contributed by atoms with E-state index in [0.29, 0.717) is 11.8 Å². The van der Waals surface area contributed by atoms with Crippen LogP contribution in [0.1, 0.15) is 56.4 Å². The highest BCUT2D eigenvalue weighted by molar-refractivity contribution is 7.80. The maximum atomic E-state index is 13.8. The van der Waals surface area contributed by atoms with Crippen LogP contribution in [0.15, 0.2) is 82.8 Å². The standard InChI is InChI=1S/C34H42N4OS/c39-33-32(30-14-5-6-16-31(30)38(33)22-10-21-36-19-7-2-8-20-36)27-17-23-37(24-18-27)34(40)35-25-28-13-9-15-29(28)26-11-3-1-4-12-26/h3,5-6,9,11-12,14-16,27,32,34-35,40H,2,7-8,10,13,17-25H2. The first kappa shape index (κ1) is 27.6. The lowest BCUT2D eigenvalue weighted by Crippen LogP contribution is -2.47. The van der Waals surface area contributed by atoms with Gasteiger partial charge in [-0.05, 0) is 111 Å². The third-order valence-electron chi connectivity index (χ3n) is 9.29. The van der Waals surface area contributed by atoms with Gasteiger partial charge < -0.3 is 9.80 Å². The Morgan fingerprint density at radius 3 is 2.65 bits per heavy atom. The number of hydrogen-bond donors (Lipinski definition) is 2. The lowest BCUT2D eigenvalue weighted by Gasteiger charge is -2.37. The summed E-state index contributed by atoms with van der Waals surface area (Å²) in [7, 11) is 0. The molecule has 40 heavy (non-hydrogen) atoms. The molecule has 2 fully saturated rings. The zero-order valence-corrected chi connectivity index (χ0v) is 24.4. The number of likely N-dealkylation sites (tertiary alicyclic amines) is 2. The van der Waals surface area contributed by atoms with Crippen LogP contribution in [0, 0.1) is 5.92 Å². The molecule has 2 aliphatic carbocycles. The van der Waals surface area contributed by atoms with Gasteiger partial charge >= 0.3 is 0 Å². The largest absolute Gasteiger partial charge is 0.312 e. The zero-order chi connectivity index (χ0) is 27.3. The first-order chi connectivity index (χ1) is 19.7. The number of para-hydroxylation sites is 1. The summed E-state index contributed by atoms with van der Waals surface area (Å²) >= 11 is 4.94. The van der Waals surface area contributed by atoms with Crippen molar-refractivity contribution in [3.8, 4) is 0 Å². The van der Waals surface area contributed by atoms with Gasteiger partial charge in [0.25, 0.3) is 0 Å². The van der Waals surface area contributed by atoms with E-state index in [0.717, 1.165) is 64.1 Å². The average molecular weight is 555 g/mol. The highest BCUT2D eigenvalue weighted by Crippen LogP contribution is 2.44. The van der Waals surface area contributed by atoms with Crippen LogP contribution in [-0.2, 0) is 4.79 Å². The van der Waals surface area contributed by atoms with E-state index in [1.807, 2.05) is 12.2 Å². The van der Waals surface area contributed by atoms with E-state index in [4.69, 9.17) is 12.6 Å². The molecule has 1 amide bonds. The summed E-state index contributed by atoms with van der Waals surface area (Å²) in [5, 5.41) is 3.66. The normalized spacial score (nSPS) is 24.3. The monoisotopic (exact) mass is 554 g/mol. The Hall–Kier alpha value is -2.56. The number of benzene rings is 1. The fourth-order valence-corrected chi connectivity index (χ4v) is 7.43. The van der Waals surface area contributed by atoms with Crippen LogP contribution in [0.3, 0.4) is 0 Å². The number of thiol groups is 1. The van der Waals surface area contributed by atoms with Crippen molar-refractivity contribution < 1.29 is 4.79 Å². The third-order valence-corrected chi connectivity index (χ3v) is 9.80. The van der Waals surface area contributed by atoms with Crippen LogP contribution < -0.4 is 10.2 Å². The molecule has 0 bridgehead atoms. The molecule has 210 valence electrons. The van der Waals surface area contributed by atoms with E-state index in [-0.39, 0.29) is 11.4 Å². The topological polar surface area (TPSA) is 38.8 Å². The van der Waals surface area contributed by atoms with Crippen LogP contribution in [0.4, 0.5) is 5.69 Å². The number of anilines is 1. The Labute approximate surface area is 245 Å². The molecule has 1 N–H and O–H groups in total. The molecule has 0 radical (unpaired) electrons. The maximum Gasteiger partial charge on any atom is 0.234 e. The van der Waals surface area contributed by atoms with Gasteiger partial charge in [0.1, 0.15) is 5.50 Å². The number of carbonyl (C=O) groups excluding carboxylic acids is 1. The van der Waals surface area contributed by atoms with Crippen molar-refractivity contribution in [3.63, 3.8) is 0 Å². The van der Waals surface area contributed by atoms with E-state index in [1.165, 1.54) is 54.6 Å². The van der Waals surface area contributed by atoms with Crippen LogP contribution in [0.2, 0.25) is 0 Å². The van der Waals surface area contributed by atoms with Crippen LogP contribution >= 0.6 is 12.6 Å². The van der Waals surface area contributed by atoms with E-state index in [2.05, 4.69) is 74.0 Å². The maximum absolute atomic E-state index is 13.8. The number of nitrogens with one attached hydrogen (secondary N) is 1. The summed E-state index contributed by atoms with van der Waals surface area (Å²) in [6, 6.07) is 8.54. The van der Waals surface area contributed by atoms with E-state index < -0.39 is 0 Å². The van der Waals surface area contributed by atoms with Gasteiger partial charge in [-0.25, -0.2) is 0 Å². The van der Waals surface area contributed by atoms with E-state index >= 15 is 0 Å². The highest BCUT2D eigenvalue weighted by Gasteiger charge is 2.42. The van der Waals surface area contributed by atoms with Gasteiger partial charge in [0.2, 0.25) is 5.91 Å². The minimum absolute atomic E-state index is 0.00291. The second-order valence-corrected chi connectivity index (χ2v) is 12.2. The first-order valence-corrected chi connectivity index (χ1v) is 15.8. The molecular weight excluding hydrogens is 512 g/mol. The van der Waals surface area contributed by atoms with Gasteiger partial charge in [-0.1, -0.05) is 48.2 Å². The van der Waals surface area contributed by atoms with Crippen molar-refractivity contribution in [2.75, 3.05) is 50.7 Å². The van der Waals surface area contributed by atoms with Crippen molar-refractivity contribution in [3.05, 3.63) is 88.4 Å². The number of rotatable bonds is 10. The van der Waals surface area contributed by atoms with Gasteiger partial charge in [0.15, 0.2) is 0 Å². The SMILES string of the molecule is O=C1C(C2CCN(C(S)NCC3=C(C4=CC=C=C=C4)C=CC3)CC2)c2ccccc2N1CCCN1CCCCC1. The van der Waals surface area contributed by atoms with Crippen molar-refractivity contribution in [1.29, 1.82) is 0 Å². The lowest BCUT2D eigenvalue weighted by atomic mass is 9.81. The smallest absolute Gasteiger partial charge is 0.234 e. The van der Waals surface area contributed by atoms with Crippen molar-refractivity contribution in [1.82, 2.24) is 15.1 Å². The fraction of sp³-hybridized carbons (Fsp3) is 0.500. The Morgan fingerprint density at radius 2 is 1.85 bits per heavy atom. The molecule has 3 heterocycles. The molecule has 3 aliphatic heterocycles. The molecule has 5 nitrogen and oxygen atoms in total. The number of hydrogen-bond acceptors (Lipinski definition) is 5. The van der Waals surface area contributed by atoms with Gasteiger partial charge in [0.05, 0.1) is 5.92 Å². The van der Waals surface area contributed by atoms with Gasteiger partial charge in [0, 0.05) is 31.9 Å². The molecular formula is C34H42N4OS. The molecule has 5 aliphatic rings. The summed E-state index contributed by atoms with van der Waals surface area (Å²) in [6.07, 6.45) is 18.5. The summed E-state index contributed by atoms with van der Waals surface area (Å²) in [5.41, 5.74) is 12.3. The van der Waals surface area contributed by atoms with Crippen molar-refractivity contribution in [2.45, 2.75) is 56.4 Å². The molecule has 0 saturated carbocycles. The minimum Gasteiger partial charge on any atom is -0.312 e. The summed E-state index contributed by atoms with van der Waals surface area (Å²) in [5.74, 6) is 0.705. The van der Waals surface area contributed by atoms with Crippen molar-refractivity contribution in [2.24, 2.45) is 5.92 Å². The molecule has 2 unspecified atom stereocenters. The second kappa shape index (κ2) is 13.0. The fourth-order valence-electron chi connectivity index (χ4n) is 7.11. The molecule has 1 aromatic carbocycles. The summed E-state index contributed by atoms with van der Waals surface area (Å²) < 4.78 is 0. The molecule has 6 rings (SSSR count). The summed E-state index contributed by atoms with van der Waals surface area (Å²) in [4.78, 5) is 20.9. The summed E-state index contributed by atoms with van der Waals surface area (Å²) in [6.45, 7) is 7.09. The highest BCUT2D eigenvalue weighted by atomic mass is 32.1. The van der Waals surface area contributed by atoms with Crippen LogP contribution in [0.25, 0.3) is 0 Å². The molecule has 2 saturated heterocycles. The van der Waals surface area contributed by atoms with Gasteiger partial charge in [-0.3, -0.25) is 15.0 Å². The van der Waals surface area contributed by atoms with Gasteiger partial charge in [-0.15, -0.1) is 12.6 Å². The third kappa shape index (κ3) is 6.04. The van der Waals surface area contributed by atoms with Crippen molar-refractivity contribution >= 4 is 24.2 Å². The quantitative estimate of drug-likeness (QED) is 0.225.